The van der Waals surface area contributed by atoms with Crippen molar-refractivity contribution in [1.29, 1.82) is 0 Å². The van der Waals surface area contributed by atoms with Crippen molar-refractivity contribution >= 4 is 21.2 Å². The predicted molar refractivity (Wildman–Crippen MR) is 91.1 cm³/mol. The Kier molecular flexibility index (Phi) is 5.40. The van der Waals surface area contributed by atoms with E-state index < -0.39 is 14.8 Å². The molecule has 24 heavy (non-hydrogen) atoms. The molecule has 0 unspecified atom stereocenters. The lowest BCUT2D eigenvalue weighted by Crippen LogP contribution is -2.08. The highest BCUT2D eigenvalue weighted by atomic mass is 32.2. The maximum absolute atomic E-state index is 11.9. The number of hydrogen-bond acceptors (Lipinski definition) is 6. The molecule has 0 atom stereocenters. The average molecular weight is 350 g/mol. The fourth-order valence-corrected chi connectivity index (χ4v) is 3.09. The maximum Gasteiger partial charge on any atom is 0.270 e. The summed E-state index contributed by atoms with van der Waals surface area (Å²) in [6, 6.07) is 11.1. The van der Waals surface area contributed by atoms with Gasteiger partial charge < -0.3 is 10.1 Å². The maximum atomic E-state index is 11.9. The minimum Gasteiger partial charge on any atom is -0.494 e. The molecule has 128 valence electrons. The molecular weight excluding hydrogens is 332 g/mol. The second-order valence-corrected chi connectivity index (χ2v) is 7.09. The number of para-hydroxylation sites is 1. The molecule has 0 heterocycles. The van der Waals surface area contributed by atoms with Crippen molar-refractivity contribution < 1.29 is 18.1 Å². The lowest BCUT2D eigenvalue weighted by Gasteiger charge is -2.13. The van der Waals surface area contributed by atoms with Gasteiger partial charge in [0.05, 0.1) is 22.1 Å². The molecule has 0 amide bonds. The highest BCUT2D eigenvalue weighted by molar-refractivity contribution is 7.90. The molecule has 8 heteroatoms. The summed E-state index contributed by atoms with van der Waals surface area (Å²) < 4.78 is 29.4. The topological polar surface area (TPSA) is 98.5 Å². The second kappa shape index (κ2) is 7.31. The number of nitrogens with one attached hydrogen (secondary N) is 1. The molecule has 0 radical (unpaired) electrons. The third kappa shape index (κ3) is 4.23. The summed E-state index contributed by atoms with van der Waals surface area (Å²) in [5, 5.41) is 13.9. The van der Waals surface area contributed by atoms with Crippen LogP contribution in [-0.2, 0) is 16.4 Å². The van der Waals surface area contributed by atoms with Crippen LogP contribution >= 0.6 is 0 Å². The second-order valence-electron chi connectivity index (χ2n) is 5.10. The van der Waals surface area contributed by atoms with Gasteiger partial charge in [0.25, 0.3) is 5.69 Å². The lowest BCUT2D eigenvalue weighted by molar-refractivity contribution is -0.385. The molecule has 0 spiro atoms. The van der Waals surface area contributed by atoms with Crippen molar-refractivity contribution in [3.63, 3.8) is 0 Å². The monoisotopic (exact) mass is 350 g/mol. The summed E-state index contributed by atoms with van der Waals surface area (Å²) in [5.41, 5.74) is 0.905. The van der Waals surface area contributed by atoms with E-state index in [1.54, 1.807) is 0 Å². The van der Waals surface area contributed by atoms with E-state index in [1.807, 2.05) is 31.2 Å². The molecule has 0 bridgehead atoms. The van der Waals surface area contributed by atoms with Gasteiger partial charge in [0.1, 0.15) is 5.75 Å². The third-order valence-electron chi connectivity index (χ3n) is 3.32. The molecule has 0 aromatic heterocycles. The Morgan fingerprint density at radius 1 is 1.21 bits per heavy atom. The summed E-state index contributed by atoms with van der Waals surface area (Å²) in [4.78, 5) is 10.1. The van der Waals surface area contributed by atoms with Gasteiger partial charge in [0.15, 0.2) is 9.84 Å². The van der Waals surface area contributed by atoms with Gasteiger partial charge >= 0.3 is 0 Å². The lowest BCUT2D eigenvalue weighted by atomic mass is 10.2. The summed E-state index contributed by atoms with van der Waals surface area (Å²) in [6.45, 7) is 2.72. The molecule has 0 saturated heterocycles. The Balaban J connectivity index is 2.32. The van der Waals surface area contributed by atoms with E-state index in [0.717, 1.165) is 17.9 Å². The minimum atomic E-state index is -3.61. The van der Waals surface area contributed by atoms with Gasteiger partial charge in [-0.15, -0.1) is 0 Å². The summed E-state index contributed by atoms with van der Waals surface area (Å²) in [5.74, 6) is 0.704. The first-order valence-electron chi connectivity index (χ1n) is 7.26. The van der Waals surface area contributed by atoms with Gasteiger partial charge in [-0.05, 0) is 19.1 Å². The fraction of sp³-hybridized carbons (Fsp3) is 0.250. The van der Waals surface area contributed by atoms with Crippen LogP contribution in [0.3, 0.4) is 0 Å². The molecule has 2 aromatic carbocycles. The molecule has 0 aliphatic heterocycles. The van der Waals surface area contributed by atoms with E-state index >= 15 is 0 Å². The molecule has 1 N–H and O–H groups in total. The van der Waals surface area contributed by atoms with Gasteiger partial charge in [0, 0.05) is 30.5 Å². The van der Waals surface area contributed by atoms with Crippen molar-refractivity contribution in [2.75, 3.05) is 18.2 Å². The Hall–Kier alpha value is -2.61. The van der Waals surface area contributed by atoms with Gasteiger partial charge in [0.2, 0.25) is 0 Å². The molecule has 2 rings (SSSR count). The molecule has 0 aliphatic carbocycles. The molecule has 0 fully saturated rings. The number of anilines is 1. The van der Waals surface area contributed by atoms with Gasteiger partial charge in [-0.2, -0.15) is 0 Å². The summed E-state index contributed by atoms with van der Waals surface area (Å²) in [6.07, 6.45) is 1.02. The predicted octanol–water partition coefficient (Wildman–Crippen LogP) is 3.01. The quantitative estimate of drug-likeness (QED) is 0.609. The van der Waals surface area contributed by atoms with Crippen molar-refractivity contribution in [3.8, 4) is 5.75 Å². The number of non-ortho nitro benzene ring substituents is 1. The zero-order valence-corrected chi connectivity index (χ0v) is 14.2. The molecule has 7 nitrogen and oxygen atoms in total. The first-order valence-corrected chi connectivity index (χ1v) is 9.15. The number of nitro groups is 1. The molecular formula is C16H18N2O5S. The van der Waals surface area contributed by atoms with Crippen LogP contribution in [0.1, 0.15) is 12.5 Å². The fourth-order valence-electron chi connectivity index (χ4n) is 2.21. The normalized spacial score (nSPS) is 11.1. The number of nitro benzene ring substituents is 1. The number of hydrogen-bond donors (Lipinski definition) is 1. The SMILES string of the molecule is CCOc1ccccc1CNc1ccc([N+](=O)[O-])cc1S(C)(=O)=O. The van der Waals surface area contributed by atoms with Gasteiger partial charge in [-0.25, -0.2) is 8.42 Å². The van der Waals surface area contributed by atoms with Crippen LogP contribution in [-0.4, -0.2) is 26.2 Å². The van der Waals surface area contributed by atoms with E-state index in [-0.39, 0.29) is 10.6 Å². The van der Waals surface area contributed by atoms with Crippen LogP contribution in [0, 0.1) is 10.1 Å². The van der Waals surface area contributed by atoms with E-state index in [0.29, 0.717) is 24.6 Å². The highest BCUT2D eigenvalue weighted by Crippen LogP contribution is 2.28. The van der Waals surface area contributed by atoms with Crippen LogP contribution in [0.25, 0.3) is 0 Å². The van der Waals surface area contributed by atoms with Crippen LogP contribution < -0.4 is 10.1 Å². The van der Waals surface area contributed by atoms with E-state index in [1.165, 1.54) is 12.1 Å². The Labute approximate surface area is 140 Å². The standard InChI is InChI=1S/C16H18N2O5S/c1-3-23-15-7-5-4-6-12(15)11-17-14-9-8-13(18(19)20)10-16(14)24(2,21)22/h4-10,17H,3,11H2,1-2H3. The van der Waals surface area contributed by atoms with Crippen LogP contribution in [0.15, 0.2) is 47.4 Å². The van der Waals surface area contributed by atoms with Gasteiger partial charge in [-0.3, -0.25) is 10.1 Å². The van der Waals surface area contributed by atoms with Gasteiger partial charge in [-0.1, -0.05) is 18.2 Å². The first-order chi connectivity index (χ1) is 11.3. The van der Waals surface area contributed by atoms with E-state index in [9.17, 15) is 18.5 Å². The van der Waals surface area contributed by atoms with Crippen molar-refractivity contribution in [2.24, 2.45) is 0 Å². The molecule has 0 saturated carbocycles. The zero-order chi connectivity index (χ0) is 17.7. The van der Waals surface area contributed by atoms with E-state index in [4.69, 9.17) is 4.74 Å². The zero-order valence-electron chi connectivity index (χ0n) is 13.4. The third-order valence-corrected chi connectivity index (χ3v) is 4.45. The Morgan fingerprint density at radius 3 is 2.54 bits per heavy atom. The number of nitrogens with zero attached hydrogens (tertiary/aromatic N) is 1. The first kappa shape index (κ1) is 17.7. The van der Waals surface area contributed by atoms with E-state index in [2.05, 4.69) is 5.32 Å². The largest absolute Gasteiger partial charge is 0.494 e. The van der Waals surface area contributed by atoms with Crippen LogP contribution in [0.2, 0.25) is 0 Å². The highest BCUT2D eigenvalue weighted by Gasteiger charge is 2.18. The Morgan fingerprint density at radius 2 is 1.92 bits per heavy atom. The smallest absolute Gasteiger partial charge is 0.270 e. The van der Waals surface area contributed by atoms with Crippen molar-refractivity contribution in [3.05, 3.63) is 58.1 Å². The minimum absolute atomic E-state index is 0.106. The number of rotatable bonds is 7. The molecule has 0 aliphatic rings. The number of sulfone groups is 1. The van der Waals surface area contributed by atoms with Crippen LogP contribution in [0.5, 0.6) is 5.75 Å². The summed E-state index contributed by atoms with van der Waals surface area (Å²) in [7, 11) is -3.61. The van der Waals surface area contributed by atoms with Crippen molar-refractivity contribution in [2.45, 2.75) is 18.4 Å². The Bertz CT molecular complexity index is 849. The molecule has 2 aromatic rings. The summed E-state index contributed by atoms with van der Waals surface area (Å²) >= 11 is 0. The van der Waals surface area contributed by atoms with Crippen molar-refractivity contribution in [1.82, 2.24) is 0 Å². The number of ether oxygens (including phenoxy) is 1. The average Bonchev–Trinajstić information content (AvgIpc) is 2.53. The van der Waals surface area contributed by atoms with Crippen LogP contribution in [0.4, 0.5) is 11.4 Å². The number of benzene rings is 2.